The van der Waals surface area contributed by atoms with Crippen LogP contribution < -0.4 is 5.73 Å². The topological polar surface area (TPSA) is 120 Å². The Morgan fingerprint density at radius 2 is 1.69 bits per heavy atom. The first-order chi connectivity index (χ1) is 16.3. The van der Waals surface area contributed by atoms with Crippen LogP contribution in [0.5, 0.6) is 0 Å². The molecule has 1 spiro atoms. The molecule has 4 N–H and O–H groups in total. The fourth-order valence-electron chi connectivity index (χ4n) is 9.20. The quantitative estimate of drug-likeness (QED) is 0.507. The van der Waals surface area contributed by atoms with E-state index in [9.17, 15) is 15.0 Å². The normalized spacial score (nSPS) is 49.1. The summed E-state index contributed by atoms with van der Waals surface area (Å²) in [6, 6.07) is 0. The average molecular weight is 496 g/mol. The zero-order valence-corrected chi connectivity index (χ0v) is 22.0. The highest BCUT2D eigenvalue weighted by Gasteiger charge is 2.67. The van der Waals surface area contributed by atoms with Gasteiger partial charge in [0.1, 0.15) is 0 Å². The fraction of sp³-hybridized carbons (Fsp3) is 0.963. The van der Waals surface area contributed by atoms with E-state index in [0.717, 1.165) is 25.7 Å². The molecule has 0 aromatic heterocycles. The molecular weight excluding hydrogens is 450 g/mol. The Morgan fingerprint density at radius 3 is 2.34 bits per heavy atom. The monoisotopic (exact) mass is 495 g/mol. The average Bonchev–Trinajstić information content (AvgIpc) is 3.15. The Kier molecular flexibility index (Phi) is 6.38. The van der Waals surface area contributed by atoms with Crippen molar-refractivity contribution in [3.8, 4) is 0 Å². The molecule has 1 amide bonds. The third-order valence-corrected chi connectivity index (χ3v) is 11.2. The Balaban J connectivity index is 1.36. The molecule has 0 radical (unpaired) electrons. The third kappa shape index (κ3) is 4.07. The van der Waals surface area contributed by atoms with Gasteiger partial charge in [-0.15, -0.1) is 0 Å². The highest BCUT2D eigenvalue weighted by molar-refractivity contribution is 5.73. The highest BCUT2D eigenvalue weighted by atomic mass is 17.4. The highest BCUT2D eigenvalue weighted by Crippen LogP contribution is 2.69. The first-order valence-corrected chi connectivity index (χ1v) is 13.7. The van der Waals surface area contributed by atoms with Crippen LogP contribution in [0.3, 0.4) is 0 Å². The number of rotatable bonds is 4. The van der Waals surface area contributed by atoms with E-state index in [1.54, 1.807) is 13.8 Å². The number of carbonyl (C=O) groups excluding carboxylic acids is 1. The number of aliphatic hydroxyl groups excluding tert-OH is 2. The van der Waals surface area contributed by atoms with Crippen LogP contribution in [0.2, 0.25) is 0 Å². The van der Waals surface area contributed by atoms with Gasteiger partial charge in [0.15, 0.2) is 0 Å². The van der Waals surface area contributed by atoms with E-state index in [1.165, 1.54) is 0 Å². The van der Waals surface area contributed by atoms with Crippen molar-refractivity contribution < 1.29 is 34.6 Å². The molecule has 0 bridgehead atoms. The van der Waals surface area contributed by atoms with E-state index in [-0.39, 0.29) is 40.4 Å². The van der Waals surface area contributed by atoms with Crippen LogP contribution in [0.1, 0.15) is 92.4 Å². The summed E-state index contributed by atoms with van der Waals surface area (Å²) in [5.74, 6) is -0.640. The molecule has 1 saturated heterocycles. The molecule has 4 unspecified atom stereocenters. The molecule has 5 fully saturated rings. The molecule has 8 heteroatoms. The van der Waals surface area contributed by atoms with Gasteiger partial charge in [-0.1, -0.05) is 20.8 Å². The lowest BCUT2D eigenvalue weighted by molar-refractivity contribution is -0.656. The number of hydrogen-bond donors (Lipinski definition) is 3. The Bertz CT molecular complexity index is 824. The second-order valence-electron chi connectivity index (χ2n) is 13.4. The standard InChI is InChI=1S/C27H45NO7/c1-15(6-9-22(28)31)17-7-8-18-23-19(13-21(30)26(17,18)5)25(4)10-11-27(14-16(25)12-20(23)29)34-32-24(2,3)33-35-27/h15-21,23,29-30H,6-14H2,1-5H3,(H2,28,31)/t15?,16-,17-,18?,19?,20-,21+,23?,25+,26-/m1/s1. The molecule has 10 atom stereocenters. The fourth-order valence-corrected chi connectivity index (χ4v) is 9.20. The van der Waals surface area contributed by atoms with Crippen LogP contribution in [0.25, 0.3) is 0 Å². The van der Waals surface area contributed by atoms with Crippen molar-refractivity contribution in [3.63, 3.8) is 0 Å². The molecule has 0 aromatic carbocycles. The van der Waals surface area contributed by atoms with Gasteiger partial charge < -0.3 is 15.9 Å². The van der Waals surface area contributed by atoms with Crippen LogP contribution in [0.15, 0.2) is 0 Å². The summed E-state index contributed by atoms with van der Waals surface area (Å²) in [6.07, 6.45) is 5.87. The molecule has 1 aliphatic heterocycles. The van der Waals surface area contributed by atoms with Gasteiger partial charge in [-0.3, -0.25) is 4.79 Å². The van der Waals surface area contributed by atoms with Crippen LogP contribution in [0, 0.1) is 46.3 Å². The van der Waals surface area contributed by atoms with Gasteiger partial charge in [0.2, 0.25) is 17.5 Å². The van der Waals surface area contributed by atoms with Crippen molar-refractivity contribution in [2.75, 3.05) is 0 Å². The molecular formula is C27H45NO7. The lowest BCUT2D eigenvalue weighted by Gasteiger charge is -2.64. The van der Waals surface area contributed by atoms with Crippen molar-refractivity contribution in [3.05, 3.63) is 0 Å². The first kappa shape index (κ1) is 25.9. The number of nitrogens with two attached hydrogens (primary N) is 1. The zero-order valence-electron chi connectivity index (χ0n) is 22.0. The molecule has 0 aromatic rings. The first-order valence-electron chi connectivity index (χ1n) is 13.7. The Labute approximate surface area is 209 Å². The molecule has 4 saturated carbocycles. The van der Waals surface area contributed by atoms with Crippen LogP contribution in [-0.4, -0.2) is 39.9 Å². The summed E-state index contributed by atoms with van der Waals surface area (Å²) in [4.78, 5) is 33.9. The maximum absolute atomic E-state index is 11.7. The number of hydrogen-bond acceptors (Lipinski definition) is 7. The molecule has 35 heavy (non-hydrogen) atoms. The second-order valence-corrected chi connectivity index (χ2v) is 13.4. The molecule has 4 aliphatic carbocycles. The number of amides is 1. The molecule has 5 rings (SSSR count). The largest absolute Gasteiger partial charge is 0.393 e. The SMILES string of the molecule is CC(CCC(N)=O)[C@H]1CCC2C3C(C[C@H](O)[C@@]21C)[C@@]1(C)CCC2(C[C@H]1C[C@H]3O)OOC(C)(C)OO2. The van der Waals surface area contributed by atoms with E-state index >= 15 is 0 Å². The van der Waals surface area contributed by atoms with Crippen LogP contribution in [0.4, 0.5) is 0 Å². The van der Waals surface area contributed by atoms with Crippen molar-refractivity contribution in [2.24, 2.45) is 52.1 Å². The minimum Gasteiger partial charge on any atom is -0.393 e. The molecule has 200 valence electrons. The van der Waals surface area contributed by atoms with Crippen LogP contribution in [-0.2, 0) is 24.3 Å². The minimum atomic E-state index is -0.950. The molecule has 8 nitrogen and oxygen atoms in total. The number of fused-ring (bicyclic) bond motifs is 5. The van der Waals surface area contributed by atoms with Crippen molar-refractivity contribution in [1.82, 2.24) is 0 Å². The Hall–Kier alpha value is -0.770. The Morgan fingerprint density at radius 1 is 1.00 bits per heavy atom. The summed E-state index contributed by atoms with van der Waals surface area (Å²) in [6.45, 7) is 10.3. The van der Waals surface area contributed by atoms with Gasteiger partial charge in [0.25, 0.3) is 0 Å². The van der Waals surface area contributed by atoms with Crippen molar-refractivity contribution in [2.45, 2.75) is 116 Å². The summed E-state index contributed by atoms with van der Waals surface area (Å²) < 4.78 is 0. The van der Waals surface area contributed by atoms with E-state index in [2.05, 4.69) is 20.8 Å². The van der Waals surface area contributed by atoms with Gasteiger partial charge in [-0.25, -0.2) is 0 Å². The summed E-state index contributed by atoms with van der Waals surface area (Å²) in [7, 11) is 0. The number of aliphatic hydroxyl groups is 2. The lowest BCUT2D eigenvalue weighted by Crippen LogP contribution is -2.64. The number of primary amides is 1. The molecule has 1 heterocycles. The van der Waals surface area contributed by atoms with E-state index in [0.29, 0.717) is 43.9 Å². The van der Waals surface area contributed by atoms with Crippen molar-refractivity contribution in [1.29, 1.82) is 0 Å². The van der Waals surface area contributed by atoms with Gasteiger partial charge in [0.05, 0.1) is 12.2 Å². The minimum absolute atomic E-state index is 0.0210. The lowest BCUT2D eigenvalue weighted by atomic mass is 9.43. The zero-order chi connectivity index (χ0) is 25.4. The van der Waals surface area contributed by atoms with Gasteiger partial charge in [0, 0.05) is 19.3 Å². The third-order valence-electron chi connectivity index (χ3n) is 11.2. The summed E-state index contributed by atoms with van der Waals surface area (Å²) in [5, 5.41) is 23.3. The second kappa shape index (κ2) is 8.63. The van der Waals surface area contributed by atoms with Gasteiger partial charge >= 0.3 is 0 Å². The van der Waals surface area contributed by atoms with Crippen LogP contribution >= 0.6 is 0 Å². The van der Waals surface area contributed by atoms with E-state index in [1.807, 2.05) is 0 Å². The maximum atomic E-state index is 11.7. The summed E-state index contributed by atoms with van der Waals surface area (Å²) in [5.41, 5.74) is 5.15. The maximum Gasteiger partial charge on any atom is 0.234 e. The van der Waals surface area contributed by atoms with Crippen molar-refractivity contribution >= 4 is 5.91 Å². The molecule has 5 aliphatic rings. The van der Waals surface area contributed by atoms with Gasteiger partial charge in [-0.05, 0) is 98.7 Å². The van der Waals surface area contributed by atoms with E-state index < -0.39 is 23.8 Å². The summed E-state index contributed by atoms with van der Waals surface area (Å²) >= 11 is 0. The van der Waals surface area contributed by atoms with Gasteiger partial charge in [-0.2, -0.15) is 19.6 Å². The predicted molar refractivity (Wildman–Crippen MR) is 127 cm³/mol. The number of carbonyl (C=O) groups is 1. The smallest absolute Gasteiger partial charge is 0.234 e. The van der Waals surface area contributed by atoms with E-state index in [4.69, 9.17) is 25.3 Å². The predicted octanol–water partition coefficient (Wildman–Crippen LogP) is 3.83.